The van der Waals surface area contributed by atoms with E-state index in [0.29, 0.717) is 5.39 Å². The smallest absolute Gasteiger partial charge is 0.360 e. The summed E-state index contributed by atoms with van der Waals surface area (Å²) in [5, 5.41) is 0.623. The van der Waals surface area contributed by atoms with Gasteiger partial charge in [0.05, 0.1) is 5.56 Å². The molecule has 0 radical (unpaired) electrons. The topological polar surface area (TPSA) is 15.8 Å². The highest BCUT2D eigenvalue weighted by atomic mass is 32.2. The number of hydrogen-bond donors (Lipinski definition) is 1. The van der Waals surface area contributed by atoms with E-state index < -0.39 is 11.7 Å². The van der Waals surface area contributed by atoms with Gasteiger partial charge in [-0.25, -0.2) is 0 Å². The van der Waals surface area contributed by atoms with E-state index in [2.05, 4.69) is 4.98 Å². The molecule has 0 aliphatic heterocycles. The summed E-state index contributed by atoms with van der Waals surface area (Å²) in [4.78, 5) is 3.76. The van der Waals surface area contributed by atoms with E-state index in [0.717, 1.165) is 16.5 Å². The first-order valence-corrected chi connectivity index (χ1v) is 5.47. The third-order valence-electron chi connectivity index (χ3n) is 2.19. The Morgan fingerprint density at radius 2 is 2.00 bits per heavy atom. The minimum atomic E-state index is -4.28. The molecule has 1 heterocycles. The first-order chi connectivity index (χ1) is 7.02. The van der Waals surface area contributed by atoms with E-state index in [1.54, 1.807) is 6.20 Å². The highest BCUT2D eigenvalue weighted by Crippen LogP contribution is 2.34. The van der Waals surface area contributed by atoms with Crippen LogP contribution in [-0.4, -0.2) is 11.2 Å². The predicted octanol–water partition coefficient (Wildman–Crippen LogP) is 3.91. The largest absolute Gasteiger partial charge is 0.416 e. The highest BCUT2D eigenvalue weighted by Gasteiger charge is 2.30. The van der Waals surface area contributed by atoms with Crippen LogP contribution in [0.15, 0.2) is 29.3 Å². The molecule has 2 rings (SSSR count). The van der Waals surface area contributed by atoms with Crippen molar-refractivity contribution in [2.45, 2.75) is 11.1 Å². The van der Waals surface area contributed by atoms with Crippen molar-refractivity contribution in [1.29, 1.82) is 0 Å². The van der Waals surface area contributed by atoms with E-state index in [9.17, 15) is 13.2 Å². The standard InChI is InChI=1S/C10H8F3NS/c1-15-9-5-14-8-3-2-6(4-7(8)9)10(11,12)13/h2-5,14H,1H3. The van der Waals surface area contributed by atoms with E-state index in [4.69, 9.17) is 0 Å². The maximum Gasteiger partial charge on any atom is 0.416 e. The van der Waals surface area contributed by atoms with E-state index in [-0.39, 0.29) is 0 Å². The molecule has 5 heteroatoms. The van der Waals surface area contributed by atoms with Crippen LogP contribution < -0.4 is 0 Å². The quantitative estimate of drug-likeness (QED) is 0.736. The monoisotopic (exact) mass is 231 g/mol. The van der Waals surface area contributed by atoms with Gasteiger partial charge in [0.25, 0.3) is 0 Å². The molecule has 0 aliphatic rings. The third kappa shape index (κ3) is 1.84. The molecule has 0 fully saturated rings. The van der Waals surface area contributed by atoms with E-state index in [1.165, 1.54) is 23.9 Å². The zero-order chi connectivity index (χ0) is 11.1. The van der Waals surface area contributed by atoms with Crippen molar-refractivity contribution in [3.63, 3.8) is 0 Å². The molecule has 15 heavy (non-hydrogen) atoms. The number of halogens is 3. The molecule has 0 aliphatic carbocycles. The number of fused-ring (bicyclic) bond motifs is 1. The van der Waals surface area contributed by atoms with Crippen LogP contribution in [0.5, 0.6) is 0 Å². The van der Waals surface area contributed by atoms with Crippen LogP contribution in [0.25, 0.3) is 10.9 Å². The van der Waals surface area contributed by atoms with Crippen molar-refractivity contribution < 1.29 is 13.2 Å². The summed E-state index contributed by atoms with van der Waals surface area (Å²) >= 11 is 1.43. The summed E-state index contributed by atoms with van der Waals surface area (Å²) in [6.45, 7) is 0. The Morgan fingerprint density at radius 1 is 1.27 bits per heavy atom. The Morgan fingerprint density at radius 3 is 2.60 bits per heavy atom. The Kier molecular flexibility index (Phi) is 2.42. The molecule has 1 nitrogen and oxygen atoms in total. The van der Waals surface area contributed by atoms with Crippen LogP contribution in [0.3, 0.4) is 0 Å². The summed E-state index contributed by atoms with van der Waals surface area (Å²) in [5.41, 5.74) is 0.122. The number of benzene rings is 1. The van der Waals surface area contributed by atoms with Gasteiger partial charge in [0, 0.05) is 22.0 Å². The average molecular weight is 231 g/mol. The Hall–Kier alpha value is -1.10. The van der Waals surface area contributed by atoms with Crippen LogP contribution in [0, 0.1) is 0 Å². The molecule has 0 unspecified atom stereocenters. The van der Waals surface area contributed by atoms with Crippen molar-refractivity contribution >= 4 is 22.7 Å². The fourth-order valence-electron chi connectivity index (χ4n) is 1.44. The Balaban J connectivity index is 2.63. The number of rotatable bonds is 1. The Labute approximate surface area is 88.7 Å². The lowest BCUT2D eigenvalue weighted by Gasteiger charge is -2.06. The number of H-pyrrole nitrogens is 1. The molecule has 2 aromatic rings. The minimum absolute atomic E-state index is 0.607. The maximum absolute atomic E-state index is 12.4. The SMILES string of the molecule is CSc1c[nH]c2ccc(C(F)(F)F)cc12. The summed E-state index contributed by atoms with van der Waals surface area (Å²) in [6.07, 6.45) is -0.723. The first-order valence-electron chi connectivity index (χ1n) is 4.24. The van der Waals surface area contributed by atoms with Crippen LogP contribution >= 0.6 is 11.8 Å². The summed E-state index contributed by atoms with van der Waals surface area (Å²) < 4.78 is 37.3. The summed E-state index contributed by atoms with van der Waals surface area (Å²) in [6, 6.07) is 3.72. The third-order valence-corrected chi connectivity index (χ3v) is 2.97. The van der Waals surface area contributed by atoms with Gasteiger partial charge in [-0.15, -0.1) is 11.8 Å². The van der Waals surface area contributed by atoms with Gasteiger partial charge < -0.3 is 4.98 Å². The summed E-state index contributed by atoms with van der Waals surface area (Å²) in [5.74, 6) is 0. The molecule has 1 aromatic heterocycles. The lowest BCUT2D eigenvalue weighted by atomic mass is 10.1. The van der Waals surface area contributed by atoms with Crippen molar-refractivity contribution in [2.75, 3.05) is 6.26 Å². The molecule has 1 N–H and O–H groups in total. The van der Waals surface area contributed by atoms with Crippen LogP contribution in [0.1, 0.15) is 5.56 Å². The highest BCUT2D eigenvalue weighted by molar-refractivity contribution is 7.98. The zero-order valence-corrected chi connectivity index (χ0v) is 8.67. The second-order valence-electron chi connectivity index (χ2n) is 3.12. The van der Waals surface area contributed by atoms with Gasteiger partial charge >= 0.3 is 6.18 Å². The second kappa shape index (κ2) is 3.48. The number of aromatic nitrogens is 1. The van der Waals surface area contributed by atoms with Crippen LogP contribution in [-0.2, 0) is 6.18 Å². The van der Waals surface area contributed by atoms with Gasteiger partial charge in [-0.05, 0) is 24.5 Å². The van der Waals surface area contributed by atoms with Crippen molar-refractivity contribution in [3.8, 4) is 0 Å². The van der Waals surface area contributed by atoms with E-state index in [1.807, 2.05) is 6.26 Å². The van der Waals surface area contributed by atoms with Crippen molar-refractivity contribution in [2.24, 2.45) is 0 Å². The number of hydrogen-bond acceptors (Lipinski definition) is 1. The maximum atomic E-state index is 12.4. The number of alkyl halides is 3. The van der Waals surface area contributed by atoms with Crippen LogP contribution in [0.4, 0.5) is 13.2 Å². The van der Waals surface area contributed by atoms with E-state index >= 15 is 0 Å². The molecule has 0 spiro atoms. The zero-order valence-electron chi connectivity index (χ0n) is 7.85. The predicted molar refractivity (Wildman–Crippen MR) is 55.1 cm³/mol. The Bertz CT molecular complexity index is 487. The first kappa shape index (κ1) is 10.4. The average Bonchev–Trinajstić information content (AvgIpc) is 2.57. The molecule has 0 bridgehead atoms. The van der Waals surface area contributed by atoms with Gasteiger partial charge in [-0.1, -0.05) is 0 Å². The van der Waals surface area contributed by atoms with Crippen molar-refractivity contribution in [3.05, 3.63) is 30.0 Å². The fourth-order valence-corrected chi connectivity index (χ4v) is 2.01. The lowest BCUT2D eigenvalue weighted by Crippen LogP contribution is -2.03. The number of thioether (sulfide) groups is 1. The van der Waals surface area contributed by atoms with Gasteiger partial charge in [0.2, 0.25) is 0 Å². The molecule has 1 aromatic carbocycles. The number of nitrogens with one attached hydrogen (secondary N) is 1. The lowest BCUT2D eigenvalue weighted by molar-refractivity contribution is -0.137. The molecule has 0 saturated carbocycles. The summed E-state index contributed by atoms with van der Waals surface area (Å²) in [7, 11) is 0. The molecule has 0 atom stereocenters. The second-order valence-corrected chi connectivity index (χ2v) is 3.96. The van der Waals surface area contributed by atoms with Gasteiger partial charge in [0.1, 0.15) is 0 Å². The van der Waals surface area contributed by atoms with Gasteiger partial charge in [-0.2, -0.15) is 13.2 Å². The van der Waals surface area contributed by atoms with Gasteiger partial charge in [-0.3, -0.25) is 0 Å². The molecule has 80 valence electrons. The molecular formula is C10H8F3NS. The number of aromatic amines is 1. The van der Waals surface area contributed by atoms with Gasteiger partial charge in [0.15, 0.2) is 0 Å². The fraction of sp³-hybridized carbons (Fsp3) is 0.200. The van der Waals surface area contributed by atoms with Crippen LogP contribution in [0.2, 0.25) is 0 Å². The molecular weight excluding hydrogens is 223 g/mol. The normalized spacial score (nSPS) is 12.3. The van der Waals surface area contributed by atoms with Crippen molar-refractivity contribution in [1.82, 2.24) is 4.98 Å². The molecule has 0 amide bonds. The molecule has 0 saturated heterocycles. The minimum Gasteiger partial charge on any atom is -0.360 e.